The zero-order chi connectivity index (χ0) is 17.8. The van der Waals surface area contributed by atoms with Gasteiger partial charge in [0.1, 0.15) is 0 Å². The number of amides is 1. The van der Waals surface area contributed by atoms with Crippen molar-refractivity contribution >= 4 is 11.6 Å². The molecule has 1 amide bonds. The highest BCUT2D eigenvalue weighted by molar-refractivity contribution is 5.92. The van der Waals surface area contributed by atoms with Crippen molar-refractivity contribution < 1.29 is 4.79 Å². The fourth-order valence-corrected chi connectivity index (χ4v) is 4.70. The van der Waals surface area contributed by atoms with E-state index in [0.29, 0.717) is 17.9 Å². The smallest absolute Gasteiger partial charge is 0.227 e. The molecule has 0 radical (unpaired) electrons. The van der Waals surface area contributed by atoms with E-state index >= 15 is 0 Å². The number of carbonyl (C=O) groups excluding carboxylic acids is 1. The van der Waals surface area contributed by atoms with Crippen LogP contribution >= 0.6 is 0 Å². The van der Waals surface area contributed by atoms with Crippen molar-refractivity contribution in [3.05, 3.63) is 29.8 Å². The first kappa shape index (κ1) is 18.4. The maximum absolute atomic E-state index is 12.8. The summed E-state index contributed by atoms with van der Waals surface area (Å²) in [4.78, 5) is 15.2. The van der Waals surface area contributed by atoms with Gasteiger partial charge in [0, 0.05) is 24.2 Å². The molecule has 0 aliphatic heterocycles. The molecule has 1 aromatic carbocycles. The summed E-state index contributed by atoms with van der Waals surface area (Å²) >= 11 is 0. The molecule has 2 saturated carbocycles. The number of carbonyl (C=O) groups is 1. The second-order valence-corrected chi connectivity index (χ2v) is 7.85. The topological polar surface area (TPSA) is 58.4 Å². The summed E-state index contributed by atoms with van der Waals surface area (Å²) in [7, 11) is 0. The average Bonchev–Trinajstić information content (AvgIpc) is 2.59. The van der Waals surface area contributed by atoms with Gasteiger partial charge in [0.05, 0.1) is 0 Å². The summed E-state index contributed by atoms with van der Waals surface area (Å²) in [5.74, 6) is 1.39. The number of nitrogens with two attached hydrogens (primary N) is 1. The molecule has 2 aliphatic carbocycles. The third-order valence-electron chi connectivity index (χ3n) is 6.28. The molecule has 1 aromatic rings. The van der Waals surface area contributed by atoms with Gasteiger partial charge in [-0.25, -0.2) is 0 Å². The SMILES string of the molecule is CCN(CC)Cc1cccc(NC(=O)C2CC3CCCC(C2)C3N)c1. The number of nitrogens with one attached hydrogen (secondary N) is 1. The van der Waals surface area contributed by atoms with Crippen LogP contribution in [0.1, 0.15) is 51.5 Å². The zero-order valence-corrected chi connectivity index (χ0v) is 15.7. The Morgan fingerprint density at radius 3 is 2.52 bits per heavy atom. The van der Waals surface area contributed by atoms with Gasteiger partial charge in [0.15, 0.2) is 0 Å². The number of hydrogen-bond donors (Lipinski definition) is 2. The second kappa shape index (κ2) is 8.33. The third-order valence-corrected chi connectivity index (χ3v) is 6.28. The lowest BCUT2D eigenvalue weighted by Crippen LogP contribution is -2.48. The van der Waals surface area contributed by atoms with Gasteiger partial charge in [0.25, 0.3) is 0 Å². The van der Waals surface area contributed by atoms with Crippen LogP contribution in [0.2, 0.25) is 0 Å². The minimum atomic E-state index is 0.126. The first-order chi connectivity index (χ1) is 12.1. The van der Waals surface area contributed by atoms with Crippen LogP contribution in [0.3, 0.4) is 0 Å². The predicted octanol–water partition coefficient (Wildman–Crippen LogP) is 3.62. The molecule has 2 fully saturated rings. The number of fused-ring (bicyclic) bond motifs is 2. The molecule has 2 aliphatic rings. The second-order valence-electron chi connectivity index (χ2n) is 7.85. The Kier molecular flexibility index (Phi) is 6.13. The van der Waals surface area contributed by atoms with E-state index in [9.17, 15) is 4.79 Å². The van der Waals surface area contributed by atoms with Crippen molar-refractivity contribution in [3.8, 4) is 0 Å². The van der Waals surface area contributed by atoms with Crippen LogP contribution in [0.5, 0.6) is 0 Å². The normalized spacial score (nSPS) is 28.8. The minimum absolute atomic E-state index is 0.126. The molecule has 138 valence electrons. The molecule has 0 saturated heterocycles. The third kappa shape index (κ3) is 4.42. The maximum Gasteiger partial charge on any atom is 0.227 e. The molecular weight excluding hydrogens is 310 g/mol. The lowest BCUT2D eigenvalue weighted by molar-refractivity contribution is -0.122. The molecule has 25 heavy (non-hydrogen) atoms. The highest BCUT2D eigenvalue weighted by Gasteiger charge is 2.40. The van der Waals surface area contributed by atoms with Crippen molar-refractivity contribution in [2.45, 2.75) is 58.5 Å². The molecule has 2 bridgehead atoms. The van der Waals surface area contributed by atoms with Crippen LogP contribution in [-0.2, 0) is 11.3 Å². The van der Waals surface area contributed by atoms with Crippen molar-refractivity contribution in [3.63, 3.8) is 0 Å². The van der Waals surface area contributed by atoms with E-state index in [0.717, 1.165) is 38.2 Å². The number of anilines is 1. The van der Waals surface area contributed by atoms with Crippen LogP contribution in [0, 0.1) is 17.8 Å². The monoisotopic (exact) mass is 343 g/mol. The van der Waals surface area contributed by atoms with E-state index < -0.39 is 0 Å². The maximum atomic E-state index is 12.8. The van der Waals surface area contributed by atoms with E-state index in [-0.39, 0.29) is 11.8 Å². The molecule has 2 atom stereocenters. The molecular formula is C21H33N3O. The summed E-state index contributed by atoms with van der Waals surface area (Å²) in [5.41, 5.74) is 8.53. The van der Waals surface area contributed by atoms with E-state index in [1.807, 2.05) is 12.1 Å². The van der Waals surface area contributed by atoms with Crippen molar-refractivity contribution in [1.29, 1.82) is 0 Å². The van der Waals surface area contributed by atoms with Gasteiger partial charge < -0.3 is 11.1 Å². The van der Waals surface area contributed by atoms with Crippen LogP contribution in [0.25, 0.3) is 0 Å². The molecule has 0 aromatic heterocycles. The fraction of sp³-hybridized carbons (Fsp3) is 0.667. The Balaban J connectivity index is 1.61. The Morgan fingerprint density at radius 1 is 1.20 bits per heavy atom. The minimum Gasteiger partial charge on any atom is -0.327 e. The number of rotatable bonds is 6. The molecule has 0 heterocycles. The molecule has 4 nitrogen and oxygen atoms in total. The van der Waals surface area contributed by atoms with Gasteiger partial charge >= 0.3 is 0 Å². The summed E-state index contributed by atoms with van der Waals surface area (Å²) < 4.78 is 0. The van der Waals surface area contributed by atoms with Crippen molar-refractivity contribution in [2.24, 2.45) is 23.5 Å². The highest BCUT2D eigenvalue weighted by atomic mass is 16.1. The Hall–Kier alpha value is -1.39. The summed E-state index contributed by atoms with van der Waals surface area (Å²) in [6.45, 7) is 7.37. The van der Waals surface area contributed by atoms with Gasteiger partial charge in [-0.3, -0.25) is 9.69 Å². The number of benzene rings is 1. The lowest BCUT2D eigenvalue weighted by Gasteiger charge is -2.43. The Morgan fingerprint density at radius 2 is 1.88 bits per heavy atom. The molecule has 4 heteroatoms. The van der Waals surface area contributed by atoms with Crippen molar-refractivity contribution in [1.82, 2.24) is 4.90 Å². The highest BCUT2D eigenvalue weighted by Crippen LogP contribution is 2.42. The van der Waals surface area contributed by atoms with Gasteiger partial charge in [-0.15, -0.1) is 0 Å². The Bertz CT molecular complexity index is 570. The summed E-state index contributed by atoms with van der Waals surface area (Å²) in [6, 6.07) is 8.61. The summed E-state index contributed by atoms with van der Waals surface area (Å²) in [5, 5.41) is 3.17. The van der Waals surface area contributed by atoms with Crippen LogP contribution < -0.4 is 11.1 Å². The van der Waals surface area contributed by atoms with Gasteiger partial charge in [-0.1, -0.05) is 32.4 Å². The zero-order valence-electron chi connectivity index (χ0n) is 15.7. The summed E-state index contributed by atoms with van der Waals surface area (Å²) in [6.07, 6.45) is 5.59. The van der Waals surface area contributed by atoms with Gasteiger partial charge in [-0.2, -0.15) is 0 Å². The largest absolute Gasteiger partial charge is 0.327 e. The van der Waals surface area contributed by atoms with E-state index in [1.54, 1.807) is 0 Å². The first-order valence-corrected chi connectivity index (χ1v) is 9.98. The van der Waals surface area contributed by atoms with E-state index in [4.69, 9.17) is 5.73 Å². The molecule has 0 spiro atoms. The van der Waals surface area contributed by atoms with Gasteiger partial charge in [0.2, 0.25) is 5.91 Å². The average molecular weight is 344 g/mol. The van der Waals surface area contributed by atoms with Crippen LogP contribution in [-0.4, -0.2) is 29.9 Å². The molecule has 3 N–H and O–H groups in total. The molecule has 3 rings (SSSR count). The first-order valence-electron chi connectivity index (χ1n) is 9.98. The predicted molar refractivity (Wildman–Crippen MR) is 103 cm³/mol. The fourth-order valence-electron chi connectivity index (χ4n) is 4.70. The number of hydrogen-bond acceptors (Lipinski definition) is 3. The molecule has 2 unspecified atom stereocenters. The Labute approximate surface area is 152 Å². The van der Waals surface area contributed by atoms with Gasteiger partial charge in [-0.05, 0) is 68.3 Å². The number of nitrogens with zero attached hydrogens (tertiary/aromatic N) is 1. The lowest BCUT2D eigenvalue weighted by atomic mass is 9.65. The van der Waals surface area contributed by atoms with Crippen molar-refractivity contribution in [2.75, 3.05) is 18.4 Å². The van der Waals surface area contributed by atoms with E-state index in [2.05, 4.69) is 36.2 Å². The van der Waals surface area contributed by atoms with Crippen LogP contribution in [0.4, 0.5) is 5.69 Å². The standard InChI is InChI=1S/C21H33N3O/c1-3-24(4-2)14-15-7-5-10-19(11-15)23-21(25)18-12-16-8-6-9-17(13-18)20(16)22/h5,7,10-11,16-18,20H,3-4,6,8-9,12-14,22H2,1-2H3,(H,23,25). The quantitative estimate of drug-likeness (QED) is 0.829. The van der Waals surface area contributed by atoms with Crippen LogP contribution in [0.15, 0.2) is 24.3 Å². The van der Waals surface area contributed by atoms with E-state index in [1.165, 1.54) is 24.8 Å².